The van der Waals surface area contributed by atoms with Crippen molar-refractivity contribution in [3.05, 3.63) is 29.8 Å². The summed E-state index contributed by atoms with van der Waals surface area (Å²) in [6.07, 6.45) is 4.94. The maximum absolute atomic E-state index is 11.5. The molecular weight excluding hydrogens is 284 g/mol. The Balaban J connectivity index is 1.96. The second kappa shape index (κ2) is 6.90. The minimum atomic E-state index is -3.09. The summed E-state index contributed by atoms with van der Waals surface area (Å²) in [5, 5.41) is 0. The van der Waals surface area contributed by atoms with Crippen molar-refractivity contribution in [2.45, 2.75) is 36.7 Å². The number of nitrogens with zero attached hydrogens (tertiary/aromatic N) is 2. The first-order valence-corrected chi connectivity index (χ1v) is 9.43. The summed E-state index contributed by atoms with van der Waals surface area (Å²) in [5.41, 5.74) is 1.19. The molecule has 1 heterocycles. The topological polar surface area (TPSA) is 40.6 Å². The highest BCUT2D eigenvalue weighted by Gasteiger charge is 2.18. The van der Waals surface area contributed by atoms with Crippen molar-refractivity contribution in [1.29, 1.82) is 0 Å². The van der Waals surface area contributed by atoms with Gasteiger partial charge in [0.25, 0.3) is 0 Å². The minimum absolute atomic E-state index is 0.398. The summed E-state index contributed by atoms with van der Waals surface area (Å²) < 4.78 is 22.9. The number of sulfone groups is 1. The van der Waals surface area contributed by atoms with Crippen LogP contribution in [-0.4, -0.2) is 57.7 Å². The van der Waals surface area contributed by atoms with Crippen molar-refractivity contribution in [2.75, 3.05) is 33.4 Å². The Morgan fingerprint density at radius 2 is 1.81 bits per heavy atom. The highest BCUT2D eigenvalue weighted by molar-refractivity contribution is 7.90. The fourth-order valence-corrected chi connectivity index (χ4v) is 3.54. The molecular formula is C16H26N2O2S. The molecule has 0 unspecified atom stereocenters. The molecule has 0 amide bonds. The van der Waals surface area contributed by atoms with E-state index in [0.717, 1.165) is 19.6 Å². The number of rotatable bonds is 4. The zero-order chi connectivity index (χ0) is 15.5. The van der Waals surface area contributed by atoms with Gasteiger partial charge in [-0.3, -0.25) is 4.90 Å². The molecule has 0 saturated carbocycles. The summed E-state index contributed by atoms with van der Waals surface area (Å²) in [6, 6.07) is 7.98. The lowest BCUT2D eigenvalue weighted by molar-refractivity contribution is 0.245. The smallest absolute Gasteiger partial charge is 0.175 e. The van der Waals surface area contributed by atoms with Crippen molar-refractivity contribution < 1.29 is 8.42 Å². The number of hydrogen-bond donors (Lipinski definition) is 0. The van der Waals surface area contributed by atoms with E-state index < -0.39 is 9.84 Å². The Bertz CT molecular complexity index is 552. The van der Waals surface area contributed by atoms with Gasteiger partial charge in [-0.2, -0.15) is 0 Å². The second-order valence-corrected chi connectivity index (χ2v) is 8.26. The quantitative estimate of drug-likeness (QED) is 0.853. The third-order valence-electron chi connectivity index (χ3n) is 4.28. The van der Waals surface area contributed by atoms with Crippen LogP contribution in [0.4, 0.5) is 0 Å². The highest BCUT2D eigenvalue weighted by Crippen LogP contribution is 2.17. The van der Waals surface area contributed by atoms with Gasteiger partial charge in [0, 0.05) is 18.8 Å². The van der Waals surface area contributed by atoms with E-state index in [-0.39, 0.29) is 0 Å². The van der Waals surface area contributed by atoms with Crippen molar-refractivity contribution in [1.82, 2.24) is 9.80 Å². The third-order valence-corrected chi connectivity index (χ3v) is 5.41. The standard InChI is InChI=1S/C16H26N2O2S/c1-17(2)15-5-4-11-18(12-10-15)13-14-6-8-16(9-7-14)21(3,19)20/h6-9,15H,4-5,10-13H2,1-3H3/t15-/m1/s1. The summed E-state index contributed by atoms with van der Waals surface area (Å²) in [5.74, 6) is 0. The molecule has 1 aliphatic rings. The van der Waals surface area contributed by atoms with Crippen LogP contribution in [0.25, 0.3) is 0 Å². The van der Waals surface area contributed by atoms with E-state index in [1.54, 1.807) is 12.1 Å². The molecule has 0 spiro atoms. The largest absolute Gasteiger partial charge is 0.306 e. The Kier molecular flexibility index (Phi) is 5.41. The molecule has 2 rings (SSSR count). The van der Waals surface area contributed by atoms with Gasteiger partial charge in [0.1, 0.15) is 0 Å². The van der Waals surface area contributed by atoms with Crippen LogP contribution in [-0.2, 0) is 16.4 Å². The van der Waals surface area contributed by atoms with Crippen LogP contribution >= 0.6 is 0 Å². The van der Waals surface area contributed by atoms with E-state index in [1.165, 1.54) is 31.1 Å². The van der Waals surface area contributed by atoms with Gasteiger partial charge >= 0.3 is 0 Å². The lowest BCUT2D eigenvalue weighted by atomic mass is 10.1. The Hall–Kier alpha value is -0.910. The molecule has 0 N–H and O–H groups in total. The summed E-state index contributed by atoms with van der Waals surface area (Å²) >= 11 is 0. The second-order valence-electron chi connectivity index (χ2n) is 6.24. The molecule has 21 heavy (non-hydrogen) atoms. The molecule has 1 aromatic rings. The van der Waals surface area contributed by atoms with E-state index in [9.17, 15) is 8.42 Å². The lowest BCUT2D eigenvalue weighted by Gasteiger charge is -2.23. The average molecular weight is 310 g/mol. The first-order valence-electron chi connectivity index (χ1n) is 7.54. The molecule has 4 nitrogen and oxygen atoms in total. The Labute approximate surface area is 128 Å². The van der Waals surface area contributed by atoms with Crippen LogP contribution in [0.3, 0.4) is 0 Å². The van der Waals surface area contributed by atoms with Gasteiger partial charge in [-0.25, -0.2) is 8.42 Å². The monoisotopic (exact) mass is 310 g/mol. The summed E-state index contributed by atoms with van der Waals surface area (Å²) in [4.78, 5) is 5.19. The van der Waals surface area contributed by atoms with Crippen LogP contribution in [0, 0.1) is 0 Å². The average Bonchev–Trinajstić information content (AvgIpc) is 2.64. The van der Waals surface area contributed by atoms with Crippen LogP contribution in [0.2, 0.25) is 0 Å². The summed E-state index contributed by atoms with van der Waals surface area (Å²) in [6.45, 7) is 3.14. The Morgan fingerprint density at radius 3 is 2.38 bits per heavy atom. The third kappa shape index (κ3) is 4.80. The molecule has 1 fully saturated rings. The number of likely N-dealkylation sites (tertiary alicyclic amines) is 1. The first kappa shape index (κ1) is 16.5. The normalized spacial score (nSPS) is 21.4. The van der Waals surface area contributed by atoms with Crippen LogP contribution in [0.15, 0.2) is 29.2 Å². The molecule has 1 saturated heterocycles. The van der Waals surface area contributed by atoms with E-state index >= 15 is 0 Å². The van der Waals surface area contributed by atoms with E-state index in [0.29, 0.717) is 10.9 Å². The summed E-state index contributed by atoms with van der Waals surface area (Å²) in [7, 11) is 1.22. The minimum Gasteiger partial charge on any atom is -0.306 e. The Morgan fingerprint density at radius 1 is 1.14 bits per heavy atom. The van der Waals surface area contributed by atoms with Crippen LogP contribution in [0.1, 0.15) is 24.8 Å². The molecule has 1 atom stereocenters. The zero-order valence-corrected chi connectivity index (χ0v) is 14.1. The number of hydrogen-bond acceptors (Lipinski definition) is 4. The SMILES string of the molecule is CN(C)[C@@H]1CCCN(Cc2ccc(S(C)(=O)=O)cc2)CC1. The van der Waals surface area contributed by atoms with Crippen molar-refractivity contribution >= 4 is 9.84 Å². The first-order chi connectivity index (χ1) is 9.86. The van der Waals surface area contributed by atoms with E-state index in [4.69, 9.17) is 0 Å². The highest BCUT2D eigenvalue weighted by atomic mass is 32.2. The fourth-order valence-electron chi connectivity index (χ4n) is 2.91. The predicted molar refractivity (Wildman–Crippen MR) is 86.2 cm³/mol. The zero-order valence-electron chi connectivity index (χ0n) is 13.2. The van der Waals surface area contributed by atoms with Gasteiger partial charge in [0.05, 0.1) is 4.90 Å². The van der Waals surface area contributed by atoms with E-state index in [2.05, 4.69) is 23.9 Å². The molecule has 0 radical (unpaired) electrons. The van der Waals surface area contributed by atoms with E-state index in [1.807, 2.05) is 12.1 Å². The number of benzene rings is 1. The van der Waals surface area contributed by atoms with Crippen LogP contribution < -0.4 is 0 Å². The fraction of sp³-hybridized carbons (Fsp3) is 0.625. The molecule has 0 aliphatic carbocycles. The van der Waals surface area contributed by atoms with Gasteiger partial charge in [0.2, 0.25) is 0 Å². The van der Waals surface area contributed by atoms with Crippen molar-refractivity contribution in [2.24, 2.45) is 0 Å². The van der Waals surface area contributed by atoms with Gasteiger partial charge in [0.15, 0.2) is 9.84 Å². The maximum Gasteiger partial charge on any atom is 0.175 e. The predicted octanol–water partition coefficient (Wildman–Crippen LogP) is 2.01. The molecule has 5 heteroatoms. The van der Waals surface area contributed by atoms with Gasteiger partial charge in [-0.15, -0.1) is 0 Å². The van der Waals surface area contributed by atoms with Gasteiger partial charge in [-0.05, 0) is 64.1 Å². The molecule has 0 bridgehead atoms. The van der Waals surface area contributed by atoms with Crippen LogP contribution in [0.5, 0.6) is 0 Å². The van der Waals surface area contributed by atoms with Gasteiger partial charge in [-0.1, -0.05) is 12.1 Å². The van der Waals surface area contributed by atoms with Crippen molar-refractivity contribution in [3.63, 3.8) is 0 Å². The molecule has 1 aliphatic heterocycles. The molecule has 118 valence electrons. The molecule has 1 aromatic carbocycles. The van der Waals surface area contributed by atoms with Gasteiger partial charge < -0.3 is 4.90 Å². The maximum atomic E-state index is 11.5. The lowest BCUT2D eigenvalue weighted by Crippen LogP contribution is -2.29. The van der Waals surface area contributed by atoms with Crippen molar-refractivity contribution in [3.8, 4) is 0 Å². The molecule has 0 aromatic heterocycles.